The van der Waals surface area contributed by atoms with Crippen LogP contribution in [0.3, 0.4) is 0 Å². The number of piperidine rings is 1. The number of benzene rings is 1. The third kappa shape index (κ3) is 4.15. The van der Waals surface area contributed by atoms with Gasteiger partial charge >= 0.3 is 6.03 Å². The quantitative estimate of drug-likeness (QED) is 0.769. The molecule has 0 atom stereocenters. The SMILES string of the molecule is CN(C)C(=O)N1CCC(c2nnc3n2CCN(C(=O)Cc2cccc(F)c2)C3)CC1. The fraction of sp³-hybridized carbons (Fsp3) is 0.524. The highest BCUT2D eigenvalue weighted by molar-refractivity contribution is 5.78. The van der Waals surface area contributed by atoms with Crippen LogP contribution in [0.15, 0.2) is 24.3 Å². The summed E-state index contributed by atoms with van der Waals surface area (Å²) in [4.78, 5) is 30.0. The highest BCUT2D eigenvalue weighted by Crippen LogP contribution is 2.29. The predicted octanol–water partition coefficient (Wildman–Crippen LogP) is 1.86. The van der Waals surface area contributed by atoms with E-state index < -0.39 is 0 Å². The van der Waals surface area contributed by atoms with Crippen LogP contribution >= 0.6 is 0 Å². The van der Waals surface area contributed by atoms with Gasteiger partial charge in [-0.2, -0.15) is 0 Å². The summed E-state index contributed by atoms with van der Waals surface area (Å²) in [5, 5.41) is 8.77. The van der Waals surface area contributed by atoms with Crippen molar-refractivity contribution >= 4 is 11.9 Å². The van der Waals surface area contributed by atoms with Crippen molar-refractivity contribution in [1.82, 2.24) is 29.5 Å². The molecule has 0 radical (unpaired) electrons. The Kier molecular flexibility index (Phi) is 5.69. The van der Waals surface area contributed by atoms with E-state index in [4.69, 9.17) is 0 Å². The summed E-state index contributed by atoms with van der Waals surface area (Å²) in [5.41, 5.74) is 0.673. The molecule has 0 aliphatic carbocycles. The molecule has 30 heavy (non-hydrogen) atoms. The Bertz CT molecular complexity index is 935. The zero-order valence-electron chi connectivity index (χ0n) is 17.4. The van der Waals surface area contributed by atoms with Crippen LogP contribution in [-0.4, -0.2) is 75.1 Å². The van der Waals surface area contributed by atoms with Crippen LogP contribution in [0.2, 0.25) is 0 Å². The Balaban J connectivity index is 1.38. The zero-order chi connectivity index (χ0) is 21.3. The first kappa shape index (κ1) is 20.3. The van der Waals surface area contributed by atoms with Gasteiger partial charge in [-0.25, -0.2) is 9.18 Å². The van der Waals surface area contributed by atoms with Gasteiger partial charge in [0.15, 0.2) is 5.82 Å². The molecule has 0 N–H and O–H groups in total. The molecule has 2 aliphatic heterocycles. The molecule has 1 aromatic heterocycles. The standard InChI is InChI=1S/C21H27FN6O2/c1-25(2)21(30)26-8-6-16(7-9-26)20-24-23-18-14-27(10-11-28(18)20)19(29)13-15-4-3-5-17(22)12-15/h3-5,12,16H,6-11,13-14H2,1-2H3. The van der Waals surface area contributed by atoms with Gasteiger partial charge in [-0.3, -0.25) is 4.79 Å². The molecule has 0 saturated carbocycles. The summed E-state index contributed by atoms with van der Waals surface area (Å²) in [7, 11) is 3.54. The molecule has 1 aromatic carbocycles. The van der Waals surface area contributed by atoms with E-state index in [-0.39, 0.29) is 30.1 Å². The lowest BCUT2D eigenvalue weighted by molar-refractivity contribution is -0.132. The van der Waals surface area contributed by atoms with Crippen LogP contribution in [0.25, 0.3) is 0 Å². The molecule has 0 bridgehead atoms. The lowest BCUT2D eigenvalue weighted by atomic mass is 9.96. The maximum Gasteiger partial charge on any atom is 0.319 e. The Morgan fingerprint density at radius 3 is 2.57 bits per heavy atom. The zero-order valence-corrected chi connectivity index (χ0v) is 17.4. The van der Waals surface area contributed by atoms with E-state index in [1.807, 2.05) is 4.90 Å². The Morgan fingerprint density at radius 2 is 1.87 bits per heavy atom. The average molecular weight is 414 g/mol. The van der Waals surface area contributed by atoms with E-state index in [2.05, 4.69) is 14.8 Å². The number of nitrogens with zero attached hydrogens (tertiary/aromatic N) is 6. The smallest absolute Gasteiger partial charge is 0.319 e. The second kappa shape index (κ2) is 8.41. The summed E-state index contributed by atoms with van der Waals surface area (Å²) < 4.78 is 15.5. The summed E-state index contributed by atoms with van der Waals surface area (Å²) in [6, 6.07) is 6.20. The number of urea groups is 1. The highest BCUT2D eigenvalue weighted by atomic mass is 19.1. The maximum atomic E-state index is 13.4. The molecular formula is C21H27FN6O2. The number of carbonyl (C=O) groups excluding carboxylic acids is 2. The van der Waals surface area contributed by atoms with E-state index >= 15 is 0 Å². The van der Waals surface area contributed by atoms with Crippen molar-refractivity contribution < 1.29 is 14.0 Å². The molecule has 1 fully saturated rings. The average Bonchev–Trinajstić information content (AvgIpc) is 3.16. The van der Waals surface area contributed by atoms with Crippen LogP contribution in [0.5, 0.6) is 0 Å². The van der Waals surface area contributed by atoms with Crippen molar-refractivity contribution in [3.63, 3.8) is 0 Å². The summed E-state index contributed by atoms with van der Waals surface area (Å²) in [6.45, 7) is 3.08. The summed E-state index contributed by atoms with van der Waals surface area (Å²) in [5.74, 6) is 1.65. The second-order valence-corrected chi connectivity index (χ2v) is 8.19. The van der Waals surface area contributed by atoms with E-state index in [1.165, 1.54) is 12.1 Å². The van der Waals surface area contributed by atoms with Crippen molar-refractivity contribution in [3.8, 4) is 0 Å². The van der Waals surface area contributed by atoms with Gasteiger partial charge in [0.2, 0.25) is 5.91 Å². The Labute approximate surface area is 175 Å². The number of hydrogen-bond acceptors (Lipinski definition) is 4. The molecule has 160 valence electrons. The van der Waals surface area contributed by atoms with Crippen LogP contribution in [0.4, 0.5) is 9.18 Å². The molecular weight excluding hydrogens is 387 g/mol. The molecule has 0 unspecified atom stereocenters. The first-order valence-corrected chi connectivity index (χ1v) is 10.3. The van der Waals surface area contributed by atoms with Crippen LogP contribution in [0.1, 0.15) is 36.0 Å². The number of aromatic nitrogens is 3. The Morgan fingerprint density at radius 1 is 1.10 bits per heavy atom. The van der Waals surface area contributed by atoms with Gasteiger partial charge in [-0.15, -0.1) is 10.2 Å². The van der Waals surface area contributed by atoms with E-state index in [9.17, 15) is 14.0 Å². The number of carbonyl (C=O) groups is 2. The van der Waals surface area contributed by atoms with Gasteiger partial charge in [-0.05, 0) is 30.5 Å². The van der Waals surface area contributed by atoms with Crippen molar-refractivity contribution in [2.24, 2.45) is 0 Å². The minimum Gasteiger partial charge on any atom is -0.333 e. The molecule has 3 amide bonds. The van der Waals surface area contributed by atoms with E-state index in [0.29, 0.717) is 38.3 Å². The first-order valence-electron chi connectivity index (χ1n) is 10.3. The fourth-order valence-electron chi connectivity index (χ4n) is 4.24. The third-order valence-electron chi connectivity index (χ3n) is 5.89. The predicted molar refractivity (Wildman–Crippen MR) is 108 cm³/mol. The number of hydrogen-bond donors (Lipinski definition) is 0. The number of halogens is 1. The van der Waals surface area contributed by atoms with E-state index in [1.54, 1.807) is 36.0 Å². The normalized spacial score (nSPS) is 17.0. The first-order chi connectivity index (χ1) is 14.4. The monoisotopic (exact) mass is 414 g/mol. The lowest BCUT2D eigenvalue weighted by Crippen LogP contribution is -2.44. The Hall–Kier alpha value is -2.97. The van der Waals surface area contributed by atoms with Gasteiger partial charge in [0.25, 0.3) is 0 Å². The fourth-order valence-corrected chi connectivity index (χ4v) is 4.24. The van der Waals surface area contributed by atoms with Crippen molar-refractivity contribution in [1.29, 1.82) is 0 Å². The largest absolute Gasteiger partial charge is 0.333 e. The van der Waals surface area contributed by atoms with Crippen LogP contribution in [-0.2, 0) is 24.3 Å². The lowest BCUT2D eigenvalue weighted by Gasteiger charge is -2.34. The minimum absolute atomic E-state index is 0.0353. The topological polar surface area (TPSA) is 74.6 Å². The molecule has 4 rings (SSSR count). The maximum absolute atomic E-state index is 13.4. The van der Waals surface area contributed by atoms with Crippen LogP contribution in [0, 0.1) is 5.82 Å². The molecule has 9 heteroatoms. The molecule has 2 aliphatic rings. The molecule has 8 nitrogen and oxygen atoms in total. The number of amides is 3. The summed E-state index contributed by atoms with van der Waals surface area (Å²) >= 11 is 0. The number of fused-ring (bicyclic) bond motifs is 1. The summed E-state index contributed by atoms with van der Waals surface area (Å²) in [6.07, 6.45) is 1.90. The van der Waals surface area contributed by atoms with Crippen molar-refractivity contribution in [2.45, 2.75) is 38.3 Å². The van der Waals surface area contributed by atoms with Crippen molar-refractivity contribution in [3.05, 3.63) is 47.3 Å². The van der Waals surface area contributed by atoms with Gasteiger partial charge < -0.3 is 19.3 Å². The molecule has 3 heterocycles. The van der Waals surface area contributed by atoms with Gasteiger partial charge in [-0.1, -0.05) is 12.1 Å². The molecule has 1 saturated heterocycles. The molecule has 2 aromatic rings. The van der Waals surface area contributed by atoms with Crippen molar-refractivity contribution in [2.75, 3.05) is 33.7 Å². The van der Waals surface area contributed by atoms with Gasteiger partial charge in [0, 0.05) is 46.2 Å². The third-order valence-corrected chi connectivity index (χ3v) is 5.89. The number of likely N-dealkylation sites (tertiary alicyclic amines) is 1. The minimum atomic E-state index is -0.332. The van der Waals surface area contributed by atoms with E-state index in [0.717, 1.165) is 24.5 Å². The van der Waals surface area contributed by atoms with Gasteiger partial charge in [0.05, 0.1) is 13.0 Å². The molecule has 0 spiro atoms. The second-order valence-electron chi connectivity index (χ2n) is 8.19. The highest BCUT2D eigenvalue weighted by Gasteiger charge is 2.31. The number of rotatable bonds is 3. The van der Waals surface area contributed by atoms with Gasteiger partial charge in [0.1, 0.15) is 11.6 Å². The van der Waals surface area contributed by atoms with Crippen LogP contribution < -0.4 is 0 Å².